The minimum absolute atomic E-state index is 0.0501. The van der Waals surface area contributed by atoms with E-state index in [4.69, 9.17) is 5.84 Å². The van der Waals surface area contributed by atoms with Crippen molar-refractivity contribution in [3.05, 3.63) is 0 Å². The van der Waals surface area contributed by atoms with E-state index in [0.29, 0.717) is 6.42 Å². The number of unbranched alkanes of at least 4 members (excludes halogenated alkanes) is 1. The molecule has 0 radical (unpaired) electrons. The molecule has 1 heterocycles. The van der Waals surface area contributed by atoms with Gasteiger partial charge in [-0.25, -0.2) is 5.84 Å². The standard InChI is InChI=1S/C11H23N3O/c12-13-11(15)7-3-6-10-14-8-4-1-2-5-9-14/h1-10,12H2,(H,13,15). The molecule has 0 aromatic carbocycles. The third kappa shape index (κ3) is 5.74. The van der Waals surface area contributed by atoms with Crippen LogP contribution in [0.5, 0.6) is 0 Å². The summed E-state index contributed by atoms with van der Waals surface area (Å²) in [5.74, 6) is 4.96. The summed E-state index contributed by atoms with van der Waals surface area (Å²) in [6, 6.07) is 0. The first-order valence-corrected chi connectivity index (χ1v) is 6.05. The fourth-order valence-electron chi connectivity index (χ4n) is 2.05. The number of rotatable bonds is 5. The Bertz CT molecular complexity index is 177. The van der Waals surface area contributed by atoms with Gasteiger partial charge in [0.15, 0.2) is 0 Å². The lowest BCUT2D eigenvalue weighted by atomic mass is 10.2. The van der Waals surface area contributed by atoms with E-state index in [9.17, 15) is 4.79 Å². The largest absolute Gasteiger partial charge is 0.303 e. The second kappa shape index (κ2) is 7.65. The van der Waals surface area contributed by atoms with E-state index < -0.39 is 0 Å². The first-order chi connectivity index (χ1) is 7.33. The highest BCUT2D eigenvalue weighted by Crippen LogP contribution is 2.10. The Kier molecular flexibility index (Phi) is 6.36. The summed E-state index contributed by atoms with van der Waals surface area (Å²) in [4.78, 5) is 13.4. The smallest absolute Gasteiger partial charge is 0.233 e. The van der Waals surface area contributed by atoms with Crippen molar-refractivity contribution >= 4 is 5.91 Å². The van der Waals surface area contributed by atoms with Crippen molar-refractivity contribution in [2.24, 2.45) is 5.84 Å². The van der Waals surface area contributed by atoms with Crippen LogP contribution >= 0.6 is 0 Å². The lowest BCUT2D eigenvalue weighted by molar-refractivity contribution is -0.121. The molecule has 0 aromatic rings. The van der Waals surface area contributed by atoms with Gasteiger partial charge in [-0.2, -0.15) is 0 Å². The molecular formula is C11H23N3O. The number of hydrazine groups is 1. The molecule has 0 aromatic heterocycles. The molecule has 1 aliphatic rings. The van der Waals surface area contributed by atoms with Gasteiger partial charge in [0.1, 0.15) is 0 Å². The topological polar surface area (TPSA) is 58.4 Å². The van der Waals surface area contributed by atoms with E-state index in [1.54, 1.807) is 0 Å². The number of hydrogen-bond acceptors (Lipinski definition) is 3. The number of carbonyl (C=O) groups is 1. The van der Waals surface area contributed by atoms with Crippen LogP contribution in [0.3, 0.4) is 0 Å². The van der Waals surface area contributed by atoms with Crippen LogP contribution in [0, 0.1) is 0 Å². The van der Waals surface area contributed by atoms with Crippen molar-refractivity contribution in [1.29, 1.82) is 0 Å². The molecule has 0 unspecified atom stereocenters. The first kappa shape index (κ1) is 12.5. The van der Waals surface area contributed by atoms with Crippen molar-refractivity contribution in [1.82, 2.24) is 10.3 Å². The number of nitrogens with one attached hydrogen (secondary N) is 1. The van der Waals surface area contributed by atoms with Crippen molar-refractivity contribution < 1.29 is 4.79 Å². The van der Waals surface area contributed by atoms with Gasteiger partial charge in [-0.3, -0.25) is 10.2 Å². The average molecular weight is 213 g/mol. The van der Waals surface area contributed by atoms with Crippen LogP contribution in [0.25, 0.3) is 0 Å². The van der Waals surface area contributed by atoms with Crippen LogP contribution in [0.2, 0.25) is 0 Å². The Balaban J connectivity index is 2.00. The van der Waals surface area contributed by atoms with Gasteiger partial charge in [0.2, 0.25) is 5.91 Å². The fraction of sp³-hybridized carbons (Fsp3) is 0.909. The monoisotopic (exact) mass is 213 g/mol. The van der Waals surface area contributed by atoms with Gasteiger partial charge in [-0.15, -0.1) is 0 Å². The summed E-state index contributed by atoms with van der Waals surface area (Å²) >= 11 is 0. The number of likely N-dealkylation sites (tertiary alicyclic amines) is 1. The minimum atomic E-state index is -0.0501. The Morgan fingerprint density at radius 1 is 1.13 bits per heavy atom. The van der Waals surface area contributed by atoms with Gasteiger partial charge in [-0.05, 0) is 45.3 Å². The van der Waals surface area contributed by atoms with Crippen molar-refractivity contribution in [3.63, 3.8) is 0 Å². The van der Waals surface area contributed by atoms with Crippen LogP contribution in [-0.4, -0.2) is 30.4 Å². The maximum atomic E-state index is 10.9. The van der Waals surface area contributed by atoms with Crippen LogP contribution in [-0.2, 0) is 4.79 Å². The summed E-state index contributed by atoms with van der Waals surface area (Å²) < 4.78 is 0. The van der Waals surface area contributed by atoms with Crippen LogP contribution in [0.15, 0.2) is 0 Å². The van der Waals surface area contributed by atoms with Crippen LogP contribution < -0.4 is 11.3 Å². The van der Waals surface area contributed by atoms with E-state index in [1.165, 1.54) is 38.8 Å². The van der Waals surface area contributed by atoms with Crippen molar-refractivity contribution in [2.45, 2.75) is 44.9 Å². The fourth-order valence-corrected chi connectivity index (χ4v) is 2.05. The van der Waals surface area contributed by atoms with Gasteiger partial charge in [-0.1, -0.05) is 12.8 Å². The molecule has 4 nitrogen and oxygen atoms in total. The van der Waals surface area contributed by atoms with Gasteiger partial charge < -0.3 is 4.90 Å². The summed E-state index contributed by atoms with van der Waals surface area (Å²) in [5, 5.41) is 0. The second-order valence-corrected chi connectivity index (χ2v) is 4.28. The highest BCUT2D eigenvalue weighted by molar-refractivity contribution is 5.74. The zero-order chi connectivity index (χ0) is 10.9. The maximum absolute atomic E-state index is 10.9. The molecule has 1 saturated heterocycles. The molecule has 1 rings (SSSR count). The van der Waals surface area contributed by atoms with Crippen molar-refractivity contribution in [2.75, 3.05) is 19.6 Å². The number of carbonyl (C=O) groups excluding carboxylic acids is 1. The summed E-state index contributed by atoms with van der Waals surface area (Å²) in [6.45, 7) is 3.62. The normalized spacial score (nSPS) is 18.5. The molecule has 0 spiro atoms. The van der Waals surface area contributed by atoms with Gasteiger partial charge in [0, 0.05) is 6.42 Å². The summed E-state index contributed by atoms with van der Waals surface area (Å²) in [5.41, 5.74) is 2.16. The number of nitrogens with two attached hydrogens (primary N) is 1. The molecule has 1 amide bonds. The molecule has 0 bridgehead atoms. The van der Waals surface area contributed by atoms with E-state index in [0.717, 1.165) is 19.4 Å². The highest BCUT2D eigenvalue weighted by Gasteiger charge is 2.08. The Morgan fingerprint density at radius 2 is 1.80 bits per heavy atom. The molecule has 88 valence electrons. The molecule has 0 saturated carbocycles. The lowest BCUT2D eigenvalue weighted by Crippen LogP contribution is -2.30. The van der Waals surface area contributed by atoms with Gasteiger partial charge in [0.05, 0.1) is 0 Å². The third-order valence-electron chi connectivity index (χ3n) is 2.99. The number of amides is 1. The Hall–Kier alpha value is -0.610. The average Bonchev–Trinajstić information content (AvgIpc) is 2.52. The van der Waals surface area contributed by atoms with Gasteiger partial charge in [0.25, 0.3) is 0 Å². The highest BCUT2D eigenvalue weighted by atomic mass is 16.2. The van der Waals surface area contributed by atoms with E-state index in [2.05, 4.69) is 10.3 Å². The van der Waals surface area contributed by atoms with E-state index in [1.807, 2.05) is 0 Å². The molecule has 4 heteroatoms. The van der Waals surface area contributed by atoms with E-state index >= 15 is 0 Å². The molecule has 0 aliphatic carbocycles. The molecule has 3 N–H and O–H groups in total. The van der Waals surface area contributed by atoms with Gasteiger partial charge >= 0.3 is 0 Å². The zero-order valence-electron chi connectivity index (χ0n) is 9.50. The predicted molar refractivity (Wildman–Crippen MR) is 61.1 cm³/mol. The van der Waals surface area contributed by atoms with E-state index in [-0.39, 0.29) is 5.91 Å². The lowest BCUT2D eigenvalue weighted by Gasteiger charge is -2.19. The Morgan fingerprint density at radius 3 is 2.40 bits per heavy atom. The molecule has 1 aliphatic heterocycles. The molecule has 15 heavy (non-hydrogen) atoms. The summed E-state index contributed by atoms with van der Waals surface area (Å²) in [7, 11) is 0. The maximum Gasteiger partial charge on any atom is 0.233 e. The molecule has 1 fully saturated rings. The molecular weight excluding hydrogens is 190 g/mol. The predicted octanol–water partition coefficient (Wildman–Crippen LogP) is 1.02. The third-order valence-corrected chi connectivity index (χ3v) is 2.99. The number of hydrogen-bond donors (Lipinski definition) is 2. The van der Waals surface area contributed by atoms with Crippen LogP contribution in [0.4, 0.5) is 0 Å². The minimum Gasteiger partial charge on any atom is -0.303 e. The molecule has 0 atom stereocenters. The van der Waals surface area contributed by atoms with Crippen molar-refractivity contribution in [3.8, 4) is 0 Å². The zero-order valence-corrected chi connectivity index (χ0v) is 9.50. The SMILES string of the molecule is NNC(=O)CCCCN1CCCCCC1. The van der Waals surface area contributed by atoms with Crippen LogP contribution in [0.1, 0.15) is 44.9 Å². The Labute approximate surface area is 92.2 Å². The summed E-state index contributed by atoms with van der Waals surface area (Å²) in [6.07, 6.45) is 8.04. The second-order valence-electron chi connectivity index (χ2n) is 4.28. The first-order valence-electron chi connectivity index (χ1n) is 6.05. The quantitative estimate of drug-likeness (QED) is 0.310. The number of nitrogens with zero attached hydrogens (tertiary/aromatic N) is 1.